The van der Waals surface area contributed by atoms with Crippen LogP contribution in [0.25, 0.3) is 0 Å². The molecule has 1 heterocycles. The number of hydrogen-bond acceptors (Lipinski definition) is 5. The van der Waals surface area contributed by atoms with Crippen molar-refractivity contribution in [2.24, 2.45) is 11.8 Å². The lowest BCUT2D eigenvalue weighted by atomic mass is 9.74. The van der Waals surface area contributed by atoms with Crippen LogP contribution in [0.4, 0.5) is 0 Å². The number of esters is 2. The lowest BCUT2D eigenvalue weighted by molar-refractivity contribution is -0.181. The van der Waals surface area contributed by atoms with E-state index < -0.39 is 12.4 Å². The summed E-state index contributed by atoms with van der Waals surface area (Å²) in [6.07, 6.45) is 8.92. The van der Waals surface area contributed by atoms with E-state index in [1.54, 1.807) is 6.26 Å². The largest absolute Gasteiger partial charge is 0.462 e. The average Bonchev–Trinajstić information content (AvgIpc) is 2.68. The molecular weight excluding hydrogens is 368 g/mol. The highest BCUT2D eigenvalue weighted by Crippen LogP contribution is 2.43. The van der Waals surface area contributed by atoms with Gasteiger partial charge in [-0.1, -0.05) is 35.5 Å². The number of carbonyl (C=O) groups is 2. The number of hydrogen-bond donors (Lipinski definition) is 0. The smallest absolute Gasteiger partial charge is 0.305 e. The monoisotopic (exact) mass is 402 g/mol. The zero-order valence-electron chi connectivity index (χ0n) is 18.3. The first-order valence-corrected chi connectivity index (χ1v) is 10.4. The predicted molar refractivity (Wildman–Crippen MR) is 113 cm³/mol. The Kier molecular flexibility index (Phi) is 8.30. The fraction of sp³-hybridized carbons (Fsp3) is 0.583. The van der Waals surface area contributed by atoms with Gasteiger partial charge in [-0.25, -0.2) is 0 Å². The van der Waals surface area contributed by atoms with Crippen molar-refractivity contribution in [3.8, 4) is 0 Å². The van der Waals surface area contributed by atoms with Crippen LogP contribution in [0, 0.1) is 11.8 Å². The van der Waals surface area contributed by atoms with Gasteiger partial charge < -0.3 is 14.2 Å². The number of allylic oxidation sites excluding steroid dienone is 3. The van der Waals surface area contributed by atoms with Crippen molar-refractivity contribution in [3.63, 3.8) is 0 Å². The Morgan fingerprint density at radius 1 is 1.24 bits per heavy atom. The molecule has 0 N–H and O–H groups in total. The summed E-state index contributed by atoms with van der Waals surface area (Å²) in [7, 11) is 0. The summed E-state index contributed by atoms with van der Waals surface area (Å²) < 4.78 is 17.1. The molecule has 0 amide bonds. The summed E-state index contributed by atoms with van der Waals surface area (Å²) in [6.45, 7) is 13.3. The Labute approximate surface area is 174 Å². The molecule has 0 fully saturated rings. The van der Waals surface area contributed by atoms with Gasteiger partial charge in [-0.2, -0.15) is 0 Å². The Bertz CT molecular complexity index is 724. The van der Waals surface area contributed by atoms with Crippen LogP contribution in [-0.4, -0.2) is 24.3 Å². The molecular formula is C24H34O5. The molecule has 0 saturated carbocycles. The van der Waals surface area contributed by atoms with Crippen molar-refractivity contribution >= 4 is 11.9 Å². The van der Waals surface area contributed by atoms with Crippen LogP contribution in [0.3, 0.4) is 0 Å². The van der Waals surface area contributed by atoms with Gasteiger partial charge in [0.1, 0.15) is 6.10 Å². The second-order valence-electron chi connectivity index (χ2n) is 8.27. The minimum Gasteiger partial charge on any atom is -0.462 e. The standard InChI is InChI=1S/C24H34O5/c1-15(2)10-13-22(28-18(5)25)21-14-27-24(29-19(6)26)23-17(4)9-7-8-16(3)11-12-20(21)23/h8,10,14,20,22-24H,4,7,9,11-13H2,1-3,5-6H3/b16-8+/t20-,22-,23+,24-/m1/s1. The van der Waals surface area contributed by atoms with E-state index in [0.717, 1.165) is 42.4 Å². The Morgan fingerprint density at radius 3 is 2.59 bits per heavy atom. The van der Waals surface area contributed by atoms with Crippen LogP contribution in [-0.2, 0) is 23.8 Å². The highest BCUT2D eigenvalue weighted by atomic mass is 16.7. The maximum absolute atomic E-state index is 11.8. The number of ether oxygens (including phenoxy) is 3. The van der Waals surface area contributed by atoms with E-state index in [9.17, 15) is 9.59 Å². The molecule has 0 unspecified atom stereocenters. The minimum absolute atomic E-state index is 0.0250. The SMILES string of the molecule is C=C1CC/C=C(\C)CC[C@@H]2C([C@@H](CC=C(C)C)OC(C)=O)=CO[C@H](OC(C)=O)[C@@H]12. The zero-order valence-corrected chi connectivity index (χ0v) is 18.3. The third kappa shape index (κ3) is 6.62. The normalized spacial score (nSPS) is 27.3. The highest BCUT2D eigenvalue weighted by molar-refractivity contribution is 5.67. The van der Waals surface area contributed by atoms with Gasteiger partial charge in [0, 0.05) is 31.8 Å². The predicted octanol–water partition coefficient (Wildman–Crippen LogP) is 5.39. The lowest BCUT2D eigenvalue weighted by Crippen LogP contribution is -2.41. The molecule has 160 valence electrons. The molecule has 0 spiro atoms. The van der Waals surface area contributed by atoms with E-state index >= 15 is 0 Å². The molecule has 5 nitrogen and oxygen atoms in total. The summed E-state index contributed by atoms with van der Waals surface area (Å²) in [4.78, 5) is 23.5. The van der Waals surface area contributed by atoms with E-state index in [2.05, 4.69) is 25.7 Å². The van der Waals surface area contributed by atoms with Crippen molar-refractivity contribution in [3.05, 3.63) is 47.3 Å². The van der Waals surface area contributed by atoms with Gasteiger partial charge in [0.2, 0.25) is 6.29 Å². The van der Waals surface area contributed by atoms with E-state index in [0.29, 0.717) is 6.42 Å². The van der Waals surface area contributed by atoms with Crippen LogP contribution >= 0.6 is 0 Å². The van der Waals surface area contributed by atoms with E-state index in [4.69, 9.17) is 14.2 Å². The van der Waals surface area contributed by atoms with E-state index in [-0.39, 0.29) is 23.8 Å². The van der Waals surface area contributed by atoms with Crippen LogP contribution in [0.2, 0.25) is 0 Å². The molecule has 0 aromatic carbocycles. The third-order valence-electron chi connectivity index (χ3n) is 5.47. The molecule has 0 saturated heterocycles. The summed E-state index contributed by atoms with van der Waals surface area (Å²) in [5.41, 5.74) is 4.43. The van der Waals surface area contributed by atoms with Crippen LogP contribution in [0.5, 0.6) is 0 Å². The zero-order chi connectivity index (χ0) is 21.6. The van der Waals surface area contributed by atoms with Gasteiger partial charge in [-0.15, -0.1) is 0 Å². The quantitative estimate of drug-likeness (QED) is 0.456. The van der Waals surface area contributed by atoms with Gasteiger partial charge in [0.15, 0.2) is 0 Å². The minimum atomic E-state index is -0.700. The van der Waals surface area contributed by atoms with Crippen molar-refractivity contribution < 1.29 is 23.8 Å². The second-order valence-corrected chi connectivity index (χ2v) is 8.27. The summed E-state index contributed by atoms with van der Waals surface area (Å²) in [5.74, 6) is -0.844. The number of rotatable bonds is 5. The topological polar surface area (TPSA) is 61.8 Å². The molecule has 5 heteroatoms. The second kappa shape index (κ2) is 10.5. The highest BCUT2D eigenvalue weighted by Gasteiger charge is 2.42. The van der Waals surface area contributed by atoms with Gasteiger partial charge >= 0.3 is 11.9 Å². The maximum atomic E-state index is 11.8. The van der Waals surface area contributed by atoms with Gasteiger partial charge in [-0.05, 0) is 46.5 Å². The van der Waals surface area contributed by atoms with Crippen molar-refractivity contribution in [2.75, 3.05) is 0 Å². The average molecular weight is 403 g/mol. The Balaban J connectivity index is 2.45. The van der Waals surface area contributed by atoms with Gasteiger partial charge in [-0.3, -0.25) is 9.59 Å². The summed E-state index contributed by atoms with van der Waals surface area (Å²) in [6, 6.07) is 0. The van der Waals surface area contributed by atoms with E-state index in [1.807, 2.05) is 13.8 Å². The lowest BCUT2D eigenvalue weighted by Gasteiger charge is -2.40. The molecule has 1 aliphatic carbocycles. The molecule has 2 rings (SSSR count). The number of fused-ring (bicyclic) bond motifs is 1. The molecule has 2 aliphatic rings. The summed E-state index contributed by atoms with van der Waals surface area (Å²) >= 11 is 0. The first-order valence-electron chi connectivity index (χ1n) is 10.4. The Hall–Kier alpha value is -2.30. The van der Waals surface area contributed by atoms with Crippen LogP contribution < -0.4 is 0 Å². The molecule has 0 aromatic rings. The fourth-order valence-electron chi connectivity index (χ4n) is 4.07. The third-order valence-corrected chi connectivity index (χ3v) is 5.47. The van der Waals surface area contributed by atoms with E-state index in [1.165, 1.54) is 19.4 Å². The van der Waals surface area contributed by atoms with Crippen molar-refractivity contribution in [2.45, 2.75) is 79.1 Å². The van der Waals surface area contributed by atoms with Crippen LogP contribution in [0.1, 0.15) is 66.7 Å². The fourth-order valence-corrected chi connectivity index (χ4v) is 4.07. The van der Waals surface area contributed by atoms with Crippen LogP contribution in [0.15, 0.2) is 47.3 Å². The summed E-state index contributed by atoms with van der Waals surface area (Å²) in [5, 5.41) is 0. The van der Waals surface area contributed by atoms with Crippen molar-refractivity contribution in [1.29, 1.82) is 0 Å². The Morgan fingerprint density at radius 2 is 1.97 bits per heavy atom. The molecule has 29 heavy (non-hydrogen) atoms. The van der Waals surface area contributed by atoms with Gasteiger partial charge in [0.25, 0.3) is 0 Å². The van der Waals surface area contributed by atoms with Gasteiger partial charge in [0.05, 0.1) is 12.2 Å². The molecule has 4 atom stereocenters. The molecule has 0 bridgehead atoms. The first-order chi connectivity index (χ1) is 13.7. The van der Waals surface area contributed by atoms with Crippen molar-refractivity contribution in [1.82, 2.24) is 0 Å². The molecule has 0 aromatic heterocycles. The first kappa shape index (κ1) is 23.0. The maximum Gasteiger partial charge on any atom is 0.305 e. The molecule has 1 aliphatic heterocycles. The number of carbonyl (C=O) groups excluding carboxylic acids is 2. The molecule has 0 radical (unpaired) electrons.